The van der Waals surface area contributed by atoms with Crippen molar-refractivity contribution in [3.63, 3.8) is 0 Å². The normalized spacial score (nSPS) is 10.3. The summed E-state index contributed by atoms with van der Waals surface area (Å²) in [7, 11) is 2.94. The Hall–Kier alpha value is -3.03. The molecule has 0 radical (unpaired) electrons. The molecule has 1 aromatic carbocycles. The molecule has 1 heterocycles. The molecule has 26 heavy (non-hydrogen) atoms. The van der Waals surface area contributed by atoms with Gasteiger partial charge in [0.05, 0.1) is 31.7 Å². The molecule has 8 heteroatoms. The fourth-order valence-corrected chi connectivity index (χ4v) is 2.38. The average molecular weight is 361 g/mol. The SMILES string of the molecule is CCOc1ccc(C(=O)Nc2c(C(=O)OC)nn(C)c2C)cc1OCC. The third-order valence-electron chi connectivity index (χ3n) is 3.76. The predicted molar refractivity (Wildman–Crippen MR) is 96.0 cm³/mol. The largest absolute Gasteiger partial charge is 0.490 e. The van der Waals surface area contributed by atoms with E-state index in [1.807, 2.05) is 13.8 Å². The summed E-state index contributed by atoms with van der Waals surface area (Å²) in [6.07, 6.45) is 0. The maximum atomic E-state index is 12.7. The molecule has 0 spiro atoms. The van der Waals surface area contributed by atoms with E-state index in [9.17, 15) is 9.59 Å². The zero-order chi connectivity index (χ0) is 19.3. The lowest BCUT2D eigenvalue weighted by atomic mass is 10.1. The van der Waals surface area contributed by atoms with Crippen LogP contribution in [0.2, 0.25) is 0 Å². The lowest BCUT2D eigenvalue weighted by Gasteiger charge is -2.12. The Balaban J connectivity index is 2.33. The molecule has 0 atom stereocenters. The van der Waals surface area contributed by atoms with Crippen LogP contribution in [0.5, 0.6) is 11.5 Å². The summed E-state index contributed by atoms with van der Waals surface area (Å²) in [6.45, 7) is 6.40. The number of hydrogen-bond acceptors (Lipinski definition) is 6. The van der Waals surface area contributed by atoms with Crippen LogP contribution in [-0.2, 0) is 11.8 Å². The molecule has 0 saturated heterocycles. The number of rotatable bonds is 7. The molecular weight excluding hydrogens is 338 g/mol. The Morgan fingerprint density at radius 1 is 1.15 bits per heavy atom. The van der Waals surface area contributed by atoms with Gasteiger partial charge in [0.2, 0.25) is 0 Å². The molecule has 0 aliphatic carbocycles. The number of carbonyl (C=O) groups is 2. The highest BCUT2D eigenvalue weighted by molar-refractivity contribution is 6.08. The summed E-state index contributed by atoms with van der Waals surface area (Å²) in [5, 5.41) is 6.83. The zero-order valence-corrected chi connectivity index (χ0v) is 15.6. The van der Waals surface area contributed by atoms with Gasteiger partial charge in [-0.3, -0.25) is 9.48 Å². The van der Waals surface area contributed by atoms with E-state index in [0.717, 1.165) is 0 Å². The van der Waals surface area contributed by atoms with Gasteiger partial charge >= 0.3 is 5.97 Å². The van der Waals surface area contributed by atoms with Crippen LogP contribution in [0, 0.1) is 6.92 Å². The molecule has 0 saturated carbocycles. The summed E-state index contributed by atoms with van der Waals surface area (Å²) in [6, 6.07) is 4.92. The summed E-state index contributed by atoms with van der Waals surface area (Å²) in [5.74, 6) is 0.0396. The Labute approximate surface area is 152 Å². The molecule has 2 aromatic rings. The molecule has 8 nitrogen and oxygen atoms in total. The van der Waals surface area contributed by atoms with Gasteiger partial charge in [-0.25, -0.2) is 4.79 Å². The van der Waals surface area contributed by atoms with Gasteiger partial charge in [-0.15, -0.1) is 0 Å². The third-order valence-corrected chi connectivity index (χ3v) is 3.76. The standard InChI is InChI=1S/C18H23N3O5/c1-6-25-13-9-8-12(10-14(13)26-7-2)17(22)19-15-11(3)21(4)20-16(15)18(23)24-5/h8-10H,6-7H2,1-5H3,(H,19,22). The monoisotopic (exact) mass is 361 g/mol. The first kappa shape index (κ1) is 19.3. The van der Waals surface area contributed by atoms with Crippen LogP contribution in [0.15, 0.2) is 18.2 Å². The topological polar surface area (TPSA) is 91.7 Å². The first-order chi connectivity index (χ1) is 12.4. The van der Waals surface area contributed by atoms with Gasteiger partial charge in [0, 0.05) is 12.6 Å². The molecule has 0 fully saturated rings. The Morgan fingerprint density at radius 3 is 2.42 bits per heavy atom. The second-order valence-corrected chi connectivity index (χ2v) is 5.41. The second-order valence-electron chi connectivity index (χ2n) is 5.41. The van der Waals surface area contributed by atoms with Crippen LogP contribution in [0.4, 0.5) is 5.69 Å². The lowest BCUT2D eigenvalue weighted by Crippen LogP contribution is -2.15. The maximum absolute atomic E-state index is 12.7. The number of aryl methyl sites for hydroxylation is 1. The number of carbonyl (C=O) groups excluding carboxylic acids is 2. The van der Waals surface area contributed by atoms with Crippen molar-refractivity contribution < 1.29 is 23.8 Å². The van der Waals surface area contributed by atoms with Crippen molar-refractivity contribution >= 4 is 17.6 Å². The molecule has 1 aromatic heterocycles. The molecule has 0 unspecified atom stereocenters. The minimum absolute atomic E-state index is 0.0526. The van der Waals surface area contributed by atoms with Crippen LogP contribution in [0.3, 0.4) is 0 Å². The van der Waals surface area contributed by atoms with Gasteiger partial charge in [0.25, 0.3) is 5.91 Å². The van der Waals surface area contributed by atoms with E-state index >= 15 is 0 Å². The molecule has 1 N–H and O–H groups in total. The number of nitrogens with zero attached hydrogens (tertiary/aromatic N) is 2. The average Bonchev–Trinajstić information content (AvgIpc) is 2.91. The lowest BCUT2D eigenvalue weighted by molar-refractivity contribution is 0.0594. The van der Waals surface area contributed by atoms with Crippen molar-refractivity contribution in [3.05, 3.63) is 35.2 Å². The van der Waals surface area contributed by atoms with Crippen LogP contribution < -0.4 is 14.8 Å². The fourth-order valence-electron chi connectivity index (χ4n) is 2.38. The van der Waals surface area contributed by atoms with Crippen molar-refractivity contribution in [2.75, 3.05) is 25.6 Å². The van der Waals surface area contributed by atoms with Crippen LogP contribution >= 0.6 is 0 Å². The zero-order valence-electron chi connectivity index (χ0n) is 15.6. The molecule has 0 aliphatic rings. The molecule has 140 valence electrons. The summed E-state index contributed by atoms with van der Waals surface area (Å²) in [4.78, 5) is 24.6. The Morgan fingerprint density at radius 2 is 1.81 bits per heavy atom. The predicted octanol–water partition coefficient (Wildman–Crippen LogP) is 2.56. The van der Waals surface area contributed by atoms with E-state index < -0.39 is 11.9 Å². The highest BCUT2D eigenvalue weighted by atomic mass is 16.5. The first-order valence-electron chi connectivity index (χ1n) is 8.25. The quantitative estimate of drug-likeness (QED) is 0.762. The minimum Gasteiger partial charge on any atom is -0.490 e. The maximum Gasteiger partial charge on any atom is 0.360 e. The van der Waals surface area contributed by atoms with E-state index in [0.29, 0.717) is 41.7 Å². The highest BCUT2D eigenvalue weighted by Crippen LogP contribution is 2.29. The number of aromatic nitrogens is 2. The van der Waals surface area contributed by atoms with Crippen LogP contribution in [0.25, 0.3) is 0 Å². The van der Waals surface area contributed by atoms with Crippen molar-refractivity contribution in [2.45, 2.75) is 20.8 Å². The number of nitrogens with one attached hydrogen (secondary N) is 1. The summed E-state index contributed by atoms with van der Waals surface area (Å²) < 4.78 is 17.3. The Kier molecular flexibility index (Phi) is 6.21. The smallest absolute Gasteiger partial charge is 0.360 e. The number of esters is 1. The minimum atomic E-state index is -0.620. The van der Waals surface area contributed by atoms with Gasteiger partial charge in [0.1, 0.15) is 0 Å². The number of anilines is 1. The number of benzene rings is 1. The Bertz CT molecular complexity index is 813. The second kappa shape index (κ2) is 8.37. The van der Waals surface area contributed by atoms with Crippen molar-refractivity contribution in [3.8, 4) is 11.5 Å². The van der Waals surface area contributed by atoms with Gasteiger partial charge < -0.3 is 19.5 Å². The third kappa shape index (κ3) is 3.96. The van der Waals surface area contributed by atoms with Crippen molar-refractivity contribution in [1.82, 2.24) is 9.78 Å². The van der Waals surface area contributed by atoms with E-state index in [1.165, 1.54) is 11.8 Å². The molecule has 0 bridgehead atoms. The van der Waals surface area contributed by atoms with Gasteiger partial charge in [-0.05, 0) is 39.0 Å². The number of amides is 1. The van der Waals surface area contributed by atoms with Gasteiger partial charge in [0.15, 0.2) is 17.2 Å². The summed E-state index contributed by atoms with van der Waals surface area (Å²) in [5.41, 5.74) is 1.37. The molecule has 2 rings (SSSR count). The first-order valence-corrected chi connectivity index (χ1v) is 8.25. The van der Waals surface area contributed by atoms with Crippen LogP contribution in [-0.4, -0.2) is 42.0 Å². The van der Waals surface area contributed by atoms with Gasteiger partial charge in [-0.1, -0.05) is 0 Å². The highest BCUT2D eigenvalue weighted by Gasteiger charge is 2.23. The molecular formula is C18H23N3O5. The van der Waals surface area contributed by atoms with E-state index in [4.69, 9.17) is 14.2 Å². The van der Waals surface area contributed by atoms with E-state index in [1.54, 1.807) is 32.2 Å². The van der Waals surface area contributed by atoms with E-state index in [-0.39, 0.29) is 5.69 Å². The van der Waals surface area contributed by atoms with Crippen molar-refractivity contribution in [1.29, 1.82) is 0 Å². The molecule has 0 aliphatic heterocycles. The number of hydrogen-bond donors (Lipinski definition) is 1. The summed E-state index contributed by atoms with van der Waals surface area (Å²) >= 11 is 0. The van der Waals surface area contributed by atoms with Crippen LogP contribution in [0.1, 0.15) is 40.4 Å². The van der Waals surface area contributed by atoms with Gasteiger partial charge in [-0.2, -0.15) is 5.10 Å². The molecule has 1 amide bonds. The number of methoxy groups -OCH3 is 1. The number of ether oxygens (including phenoxy) is 3. The van der Waals surface area contributed by atoms with Crippen molar-refractivity contribution in [2.24, 2.45) is 7.05 Å². The fraction of sp³-hybridized carbons (Fsp3) is 0.389. The van der Waals surface area contributed by atoms with E-state index in [2.05, 4.69) is 10.4 Å².